The molecule has 1 heterocycles. The molecule has 1 aliphatic rings. The highest BCUT2D eigenvalue weighted by Crippen LogP contribution is 2.23. The molecule has 0 saturated carbocycles. The first-order chi connectivity index (χ1) is 11.9. The van der Waals surface area contributed by atoms with Crippen LogP contribution in [0.4, 0.5) is 0 Å². The van der Waals surface area contributed by atoms with Crippen LogP contribution in [0.2, 0.25) is 0 Å². The Kier molecular flexibility index (Phi) is 6.57. The second kappa shape index (κ2) is 8.46. The van der Waals surface area contributed by atoms with Crippen LogP contribution in [0.5, 0.6) is 5.75 Å². The number of rotatable bonds is 7. The molecule has 2 rings (SSSR count). The lowest BCUT2D eigenvalue weighted by atomic mass is 10.2. The number of carbonyl (C=O) groups is 1. The molecule has 0 spiro atoms. The van der Waals surface area contributed by atoms with Crippen LogP contribution in [0.15, 0.2) is 41.8 Å². The molecule has 1 fully saturated rings. The van der Waals surface area contributed by atoms with E-state index in [2.05, 4.69) is 6.58 Å². The number of hydrogen-bond acceptors (Lipinski definition) is 5. The first kappa shape index (κ1) is 19.4. The molecule has 0 aromatic heterocycles. The van der Waals surface area contributed by atoms with Gasteiger partial charge >= 0.3 is 0 Å². The Morgan fingerprint density at radius 3 is 2.52 bits per heavy atom. The van der Waals surface area contributed by atoms with E-state index in [0.717, 1.165) is 0 Å². The smallest absolute Gasteiger partial charge is 0.246 e. The molecule has 138 valence electrons. The Balaban J connectivity index is 2.08. The van der Waals surface area contributed by atoms with E-state index in [-0.39, 0.29) is 23.4 Å². The molecule has 8 heteroatoms. The van der Waals surface area contributed by atoms with Gasteiger partial charge in [-0.3, -0.25) is 4.79 Å². The van der Waals surface area contributed by atoms with Crippen LogP contribution in [0.3, 0.4) is 0 Å². The first-order valence-corrected chi connectivity index (χ1v) is 9.49. The third kappa shape index (κ3) is 4.59. The van der Waals surface area contributed by atoms with Crippen LogP contribution in [-0.4, -0.2) is 69.5 Å². The fourth-order valence-corrected chi connectivity index (χ4v) is 4.33. The van der Waals surface area contributed by atoms with Crippen molar-refractivity contribution in [2.45, 2.75) is 17.9 Å². The molecule has 1 aromatic rings. The molecule has 1 saturated heterocycles. The number of nitrogens with zero attached hydrogens (tertiary/aromatic N) is 2. The summed E-state index contributed by atoms with van der Waals surface area (Å²) in [5.74, 6) is 0.409. The summed E-state index contributed by atoms with van der Waals surface area (Å²) in [7, 11) is -2.03. The van der Waals surface area contributed by atoms with E-state index < -0.39 is 10.0 Å². The zero-order chi connectivity index (χ0) is 18.4. The minimum Gasteiger partial charge on any atom is -0.491 e. The van der Waals surface area contributed by atoms with Gasteiger partial charge in [0.15, 0.2) is 0 Å². The maximum Gasteiger partial charge on any atom is 0.246 e. The number of ether oxygens (including phenoxy) is 2. The van der Waals surface area contributed by atoms with Crippen molar-refractivity contribution in [3.05, 3.63) is 36.9 Å². The third-order valence-electron chi connectivity index (χ3n) is 4.04. The summed E-state index contributed by atoms with van der Waals surface area (Å²) >= 11 is 0. The predicted octanol–water partition coefficient (Wildman–Crippen LogP) is 1.12. The van der Waals surface area contributed by atoms with Gasteiger partial charge in [-0.2, -0.15) is 4.31 Å². The number of benzene rings is 1. The SMILES string of the molecule is C=CC(=O)N1CCN(S(=O)(=O)c2ccc(OCCOC)cc2)[C@@H](C)C1. The summed E-state index contributed by atoms with van der Waals surface area (Å²) in [4.78, 5) is 13.5. The number of carbonyl (C=O) groups excluding carboxylic acids is 1. The van der Waals surface area contributed by atoms with Gasteiger partial charge in [0.05, 0.1) is 11.5 Å². The highest BCUT2D eigenvalue weighted by atomic mass is 32.2. The van der Waals surface area contributed by atoms with Crippen molar-refractivity contribution in [1.29, 1.82) is 0 Å². The van der Waals surface area contributed by atoms with E-state index in [1.165, 1.54) is 22.5 Å². The molecular formula is C17H24N2O5S. The number of hydrogen-bond donors (Lipinski definition) is 0. The Morgan fingerprint density at radius 1 is 1.28 bits per heavy atom. The molecule has 0 unspecified atom stereocenters. The molecule has 1 atom stereocenters. The lowest BCUT2D eigenvalue weighted by Crippen LogP contribution is -2.55. The van der Waals surface area contributed by atoms with Crippen molar-refractivity contribution in [3.63, 3.8) is 0 Å². The minimum atomic E-state index is -3.62. The van der Waals surface area contributed by atoms with Crippen molar-refractivity contribution >= 4 is 15.9 Å². The van der Waals surface area contributed by atoms with Crippen molar-refractivity contribution in [1.82, 2.24) is 9.21 Å². The van der Waals surface area contributed by atoms with E-state index in [1.54, 1.807) is 31.1 Å². The lowest BCUT2D eigenvalue weighted by Gasteiger charge is -2.38. The van der Waals surface area contributed by atoms with Gasteiger partial charge in [-0.05, 0) is 37.3 Å². The van der Waals surface area contributed by atoms with E-state index in [1.807, 2.05) is 0 Å². The Hall–Kier alpha value is -1.90. The molecule has 0 aliphatic carbocycles. The van der Waals surface area contributed by atoms with Crippen molar-refractivity contribution in [2.75, 3.05) is 40.0 Å². The van der Waals surface area contributed by atoms with Gasteiger partial charge in [0.1, 0.15) is 12.4 Å². The number of amides is 1. The summed E-state index contributed by atoms with van der Waals surface area (Å²) in [6.07, 6.45) is 1.25. The fraction of sp³-hybridized carbons (Fsp3) is 0.471. The maximum atomic E-state index is 12.9. The predicted molar refractivity (Wildman–Crippen MR) is 93.9 cm³/mol. The zero-order valence-electron chi connectivity index (χ0n) is 14.6. The van der Waals surface area contributed by atoms with E-state index in [9.17, 15) is 13.2 Å². The summed E-state index contributed by atoms with van der Waals surface area (Å²) < 4.78 is 37.5. The van der Waals surface area contributed by atoms with Crippen LogP contribution in [0.1, 0.15) is 6.92 Å². The Bertz CT molecular complexity index is 702. The van der Waals surface area contributed by atoms with Crippen LogP contribution < -0.4 is 4.74 Å². The molecule has 0 bridgehead atoms. The molecule has 0 N–H and O–H groups in total. The Labute approximate surface area is 148 Å². The number of sulfonamides is 1. The summed E-state index contributed by atoms with van der Waals surface area (Å²) in [6, 6.07) is 6.02. The monoisotopic (exact) mass is 368 g/mol. The topological polar surface area (TPSA) is 76.2 Å². The average molecular weight is 368 g/mol. The van der Waals surface area contributed by atoms with Gasteiger partial charge in [0, 0.05) is 32.8 Å². The molecule has 7 nitrogen and oxygen atoms in total. The van der Waals surface area contributed by atoms with Crippen LogP contribution in [0, 0.1) is 0 Å². The summed E-state index contributed by atoms with van der Waals surface area (Å²) in [6.45, 7) is 7.09. The number of piperazine rings is 1. The first-order valence-electron chi connectivity index (χ1n) is 8.05. The standard InChI is InChI=1S/C17H24N2O5S/c1-4-17(20)18-9-10-19(14(2)13-18)25(21,22)16-7-5-15(6-8-16)24-12-11-23-3/h4-8,14H,1,9-13H2,2-3H3/t14-/m0/s1. The average Bonchev–Trinajstić information content (AvgIpc) is 2.61. The van der Waals surface area contributed by atoms with Crippen molar-refractivity contribution in [2.24, 2.45) is 0 Å². The highest BCUT2D eigenvalue weighted by molar-refractivity contribution is 7.89. The molecule has 25 heavy (non-hydrogen) atoms. The van der Waals surface area contributed by atoms with Gasteiger partial charge in [0.2, 0.25) is 15.9 Å². The fourth-order valence-electron chi connectivity index (χ4n) is 2.71. The normalized spacial score (nSPS) is 18.8. The van der Waals surface area contributed by atoms with Gasteiger partial charge < -0.3 is 14.4 Å². The highest BCUT2D eigenvalue weighted by Gasteiger charge is 2.34. The van der Waals surface area contributed by atoms with Crippen LogP contribution in [-0.2, 0) is 19.6 Å². The van der Waals surface area contributed by atoms with E-state index >= 15 is 0 Å². The zero-order valence-corrected chi connectivity index (χ0v) is 15.4. The van der Waals surface area contributed by atoms with Crippen LogP contribution in [0.25, 0.3) is 0 Å². The van der Waals surface area contributed by atoms with E-state index in [0.29, 0.717) is 32.1 Å². The van der Waals surface area contributed by atoms with Gasteiger partial charge in [-0.15, -0.1) is 0 Å². The van der Waals surface area contributed by atoms with Gasteiger partial charge in [-0.25, -0.2) is 8.42 Å². The maximum absolute atomic E-state index is 12.9. The molecule has 1 aliphatic heterocycles. The van der Waals surface area contributed by atoms with Crippen molar-refractivity contribution in [3.8, 4) is 5.75 Å². The molecule has 1 aromatic carbocycles. The summed E-state index contributed by atoms with van der Waals surface area (Å²) in [5.41, 5.74) is 0. The minimum absolute atomic E-state index is 0.179. The largest absolute Gasteiger partial charge is 0.491 e. The molecule has 1 amide bonds. The second-order valence-corrected chi connectivity index (χ2v) is 7.66. The third-order valence-corrected chi connectivity index (χ3v) is 6.07. The van der Waals surface area contributed by atoms with Crippen molar-refractivity contribution < 1.29 is 22.7 Å². The second-order valence-electron chi connectivity index (χ2n) is 5.77. The quantitative estimate of drug-likeness (QED) is 0.532. The summed E-state index contributed by atoms with van der Waals surface area (Å²) in [5, 5.41) is 0. The molecule has 0 radical (unpaired) electrons. The van der Waals surface area contributed by atoms with E-state index in [4.69, 9.17) is 9.47 Å². The lowest BCUT2D eigenvalue weighted by molar-refractivity contribution is -0.127. The number of methoxy groups -OCH3 is 1. The molecular weight excluding hydrogens is 344 g/mol. The van der Waals surface area contributed by atoms with Crippen LogP contribution >= 0.6 is 0 Å². The van der Waals surface area contributed by atoms with Gasteiger partial charge in [0.25, 0.3) is 0 Å². The Morgan fingerprint density at radius 2 is 1.96 bits per heavy atom. The van der Waals surface area contributed by atoms with Gasteiger partial charge in [-0.1, -0.05) is 6.58 Å².